The Morgan fingerprint density at radius 1 is 1.29 bits per heavy atom. The van der Waals surface area contributed by atoms with Gasteiger partial charge in [0.1, 0.15) is 10.5 Å². The number of hydrogen-bond acceptors (Lipinski definition) is 6. The zero-order chi connectivity index (χ0) is 16.1. The van der Waals surface area contributed by atoms with Gasteiger partial charge in [0.15, 0.2) is 5.58 Å². The third-order valence-corrected chi connectivity index (χ3v) is 5.90. The lowest BCUT2D eigenvalue weighted by Crippen LogP contribution is -2.51. The molecule has 0 saturated carbocycles. The first-order valence-corrected chi connectivity index (χ1v) is 9.52. The van der Waals surface area contributed by atoms with Crippen molar-refractivity contribution in [3.05, 3.63) is 29.3 Å². The van der Waals surface area contributed by atoms with Gasteiger partial charge in [-0.25, -0.2) is 4.98 Å². The Bertz CT molecular complexity index is 861. The monoisotopic (exact) mass is 340 g/mol. The van der Waals surface area contributed by atoms with Crippen LogP contribution in [0.15, 0.2) is 28.1 Å². The lowest BCUT2D eigenvalue weighted by atomic mass is 10.1. The zero-order valence-corrected chi connectivity index (χ0v) is 14.5. The van der Waals surface area contributed by atoms with Gasteiger partial charge in [-0.15, -0.1) is 11.3 Å². The SMILES string of the molecule is CCc1cc(-c2nccs2)c2oc(N3CC4CCC(C3)N4)nc2c1. The molecule has 0 radical (unpaired) electrons. The van der Waals surface area contributed by atoms with Crippen LogP contribution in [0, 0.1) is 0 Å². The number of aryl methyl sites for hydroxylation is 1. The Morgan fingerprint density at radius 2 is 2.12 bits per heavy atom. The molecule has 2 unspecified atom stereocenters. The molecular formula is C18H20N4OS. The highest BCUT2D eigenvalue weighted by Gasteiger charge is 2.34. The number of anilines is 1. The van der Waals surface area contributed by atoms with Crippen LogP contribution in [-0.4, -0.2) is 35.1 Å². The standard InChI is InChI=1S/C18H20N4OS/c1-2-11-7-14(17-19-5-6-24-17)16-15(8-11)21-18(23-16)22-9-12-3-4-13(10-22)20-12/h5-8,12-13,20H,2-4,9-10H2,1H3. The fourth-order valence-corrected chi connectivity index (χ4v) is 4.54. The summed E-state index contributed by atoms with van der Waals surface area (Å²) in [5.41, 5.74) is 4.15. The van der Waals surface area contributed by atoms with E-state index in [2.05, 4.69) is 34.3 Å². The van der Waals surface area contributed by atoms with Crippen molar-refractivity contribution in [1.82, 2.24) is 15.3 Å². The van der Waals surface area contributed by atoms with Gasteiger partial charge in [0.25, 0.3) is 6.01 Å². The minimum absolute atomic E-state index is 0.573. The predicted molar refractivity (Wildman–Crippen MR) is 96.7 cm³/mol. The number of rotatable bonds is 3. The second kappa shape index (κ2) is 5.57. The summed E-state index contributed by atoms with van der Waals surface area (Å²) in [7, 11) is 0. The van der Waals surface area contributed by atoms with E-state index < -0.39 is 0 Å². The summed E-state index contributed by atoms with van der Waals surface area (Å²) in [6.07, 6.45) is 5.33. The summed E-state index contributed by atoms with van der Waals surface area (Å²) >= 11 is 1.64. The summed E-state index contributed by atoms with van der Waals surface area (Å²) < 4.78 is 6.24. The van der Waals surface area contributed by atoms with Gasteiger partial charge in [-0.1, -0.05) is 6.92 Å². The molecule has 2 aliphatic heterocycles. The molecule has 2 bridgehead atoms. The van der Waals surface area contributed by atoms with Crippen LogP contribution in [0.3, 0.4) is 0 Å². The molecule has 4 heterocycles. The van der Waals surface area contributed by atoms with E-state index in [9.17, 15) is 0 Å². The average molecular weight is 340 g/mol. The van der Waals surface area contributed by atoms with E-state index in [4.69, 9.17) is 9.40 Å². The van der Waals surface area contributed by atoms with Crippen LogP contribution in [-0.2, 0) is 6.42 Å². The molecule has 2 atom stereocenters. The van der Waals surface area contributed by atoms with E-state index in [1.165, 1.54) is 18.4 Å². The molecule has 5 nitrogen and oxygen atoms in total. The molecule has 124 valence electrons. The van der Waals surface area contributed by atoms with Crippen molar-refractivity contribution >= 4 is 28.5 Å². The van der Waals surface area contributed by atoms with Gasteiger partial charge < -0.3 is 14.6 Å². The molecule has 6 heteroatoms. The molecule has 2 fully saturated rings. The molecule has 1 N–H and O–H groups in total. The van der Waals surface area contributed by atoms with Crippen LogP contribution in [0.25, 0.3) is 21.7 Å². The highest BCUT2D eigenvalue weighted by atomic mass is 32.1. The normalized spacial score (nSPS) is 23.3. The smallest absolute Gasteiger partial charge is 0.298 e. The van der Waals surface area contributed by atoms with Gasteiger partial charge in [0.05, 0.1) is 5.56 Å². The molecule has 24 heavy (non-hydrogen) atoms. The third kappa shape index (κ3) is 2.32. The Balaban J connectivity index is 1.61. The molecule has 5 rings (SSSR count). The van der Waals surface area contributed by atoms with Gasteiger partial charge in [-0.3, -0.25) is 0 Å². The highest BCUT2D eigenvalue weighted by Crippen LogP contribution is 2.35. The topological polar surface area (TPSA) is 54.2 Å². The van der Waals surface area contributed by atoms with Crippen LogP contribution < -0.4 is 10.2 Å². The Hall–Kier alpha value is -1.92. The molecular weight excluding hydrogens is 320 g/mol. The van der Waals surface area contributed by atoms with Gasteiger partial charge in [0, 0.05) is 36.8 Å². The summed E-state index contributed by atoms with van der Waals surface area (Å²) in [5.74, 6) is 0. The lowest BCUT2D eigenvalue weighted by Gasteiger charge is -2.31. The number of nitrogens with one attached hydrogen (secondary N) is 1. The van der Waals surface area contributed by atoms with Crippen LogP contribution in [0.1, 0.15) is 25.3 Å². The maximum Gasteiger partial charge on any atom is 0.298 e. The molecule has 2 aliphatic rings. The summed E-state index contributed by atoms with van der Waals surface area (Å²) in [6, 6.07) is 6.25. The second-order valence-corrected chi connectivity index (χ2v) is 7.62. The maximum atomic E-state index is 6.24. The molecule has 0 spiro atoms. The van der Waals surface area contributed by atoms with Crippen LogP contribution >= 0.6 is 11.3 Å². The minimum atomic E-state index is 0.573. The Morgan fingerprint density at radius 3 is 2.83 bits per heavy atom. The summed E-state index contributed by atoms with van der Waals surface area (Å²) in [6.45, 7) is 4.13. The van der Waals surface area contributed by atoms with Gasteiger partial charge >= 0.3 is 0 Å². The van der Waals surface area contributed by atoms with E-state index >= 15 is 0 Å². The fraction of sp³-hybridized carbons (Fsp3) is 0.444. The largest absolute Gasteiger partial charge is 0.423 e. The van der Waals surface area contributed by atoms with Crippen LogP contribution in [0.4, 0.5) is 6.01 Å². The summed E-state index contributed by atoms with van der Waals surface area (Å²) in [5, 5.41) is 6.66. The highest BCUT2D eigenvalue weighted by molar-refractivity contribution is 7.13. The molecule has 1 aromatic carbocycles. The number of benzene rings is 1. The molecule has 0 amide bonds. The first kappa shape index (κ1) is 14.4. The number of oxazole rings is 1. The van der Waals surface area contributed by atoms with E-state index in [1.54, 1.807) is 11.3 Å². The number of hydrogen-bond donors (Lipinski definition) is 1. The van der Waals surface area contributed by atoms with Crippen molar-refractivity contribution in [2.45, 2.75) is 38.3 Å². The quantitative estimate of drug-likeness (QED) is 0.791. The number of nitrogens with zero attached hydrogens (tertiary/aromatic N) is 3. The second-order valence-electron chi connectivity index (χ2n) is 6.72. The minimum Gasteiger partial charge on any atom is -0.423 e. The van der Waals surface area contributed by atoms with Gasteiger partial charge in [0.2, 0.25) is 0 Å². The van der Waals surface area contributed by atoms with Crippen LogP contribution in [0.2, 0.25) is 0 Å². The van der Waals surface area contributed by atoms with Crippen molar-refractivity contribution < 1.29 is 4.42 Å². The summed E-state index contributed by atoms with van der Waals surface area (Å²) in [4.78, 5) is 11.6. The first-order chi connectivity index (χ1) is 11.8. The molecule has 2 aromatic heterocycles. The Kier molecular flexibility index (Phi) is 3.35. The fourth-order valence-electron chi connectivity index (χ4n) is 3.89. The zero-order valence-electron chi connectivity index (χ0n) is 13.7. The Labute approximate surface area is 144 Å². The lowest BCUT2D eigenvalue weighted by molar-refractivity contribution is 0.437. The number of piperazine rings is 1. The first-order valence-electron chi connectivity index (χ1n) is 8.64. The van der Waals surface area contributed by atoms with E-state index in [0.29, 0.717) is 12.1 Å². The predicted octanol–water partition coefficient (Wildman–Crippen LogP) is 3.45. The average Bonchev–Trinajstić information content (AvgIpc) is 3.33. The van der Waals surface area contributed by atoms with Crippen LogP contribution in [0.5, 0.6) is 0 Å². The van der Waals surface area contributed by atoms with E-state index in [1.807, 2.05) is 11.6 Å². The third-order valence-electron chi connectivity index (χ3n) is 5.10. The van der Waals surface area contributed by atoms with E-state index in [0.717, 1.165) is 47.2 Å². The molecule has 0 aliphatic carbocycles. The van der Waals surface area contributed by atoms with Gasteiger partial charge in [-0.05, 0) is 37.0 Å². The number of fused-ring (bicyclic) bond motifs is 3. The molecule has 3 aromatic rings. The van der Waals surface area contributed by atoms with Crippen molar-refractivity contribution in [3.8, 4) is 10.6 Å². The van der Waals surface area contributed by atoms with Gasteiger partial charge in [-0.2, -0.15) is 4.98 Å². The van der Waals surface area contributed by atoms with Crippen molar-refractivity contribution in [1.29, 1.82) is 0 Å². The number of thiazole rings is 1. The van der Waals surface area contributed by atoms with E-state index in [-0.39, 0.29) is 0 Å². The molecule has 2 saturated heterocycles. The van der Waals surface area contributed by atoms with Crippen molar-refractivity contribution in [3.63, 3.8) is 0 Å². The maximum absolute atomic E-state index is 6.24. The van der Waals surface area contributed by atoms with Crippen molar-refractivity contribution in [2.75, 3.05) is 18.0 Å². The number of aromatic nitrogens is 2. The van der Waals surface area contributed by atoms with Crippen molar-refractivity contribution in [2.24, 2.45) is 0 Å².